The smallest absolute Gasteiger partial charge is 0.157 e. The highest BCUT2D eigenvalue weighted by molar-refractivity contribution is 7.25. The zero-order chi connectivity index (χ0) is 40.4. The average molecular weight is 802 g/mol. The average Bonchev–Trinajstić information content (AvgIpc) is 4.01. The fourth-order valence-electron chi connectivity index (χ4n) is 8.97. The minimum atomic E-state index is 0.423. The van der Waals surface area contributed by atoms with Crippen LogP contribution in [0.4, 0.5) is 0 Å². The molecule has 0 saturated heterocycles. The Kier molecular flexibility index (Phi) is 8.18. The zero-order valence-corrected chi connectivity index (χ0v) is 33.6. The molecule has 0 saturated carbocycles. The molecule has 0 aliphatic heterocycles. The van der Waals surface area contributed by atoms with Gasteiger partial charge in [0.15, 0.2) is 5.84 Å². The normalized spacial score (nSPS) is 12.6. The summed E-state index contributed by atoms with van der Waals surface area (Å²) in [6.07, 6.45) is 0. The third kappa shape index (κ3) is 5.91. The molecular formula is C55H35N3O2S. The van der Waals surface area contributed by atoms with Crippen LogP contribution in [0, 0.1) is 0 Å². The van der Waals surface area contributed by atoms with Gasteiger partial charge in [0, 0.05) is 52.8 Å². The van der Waals surface area contributed by atoms with E-state index in [2.05, 4.69) is 140 Å². The minimum absolute atomic E-state index is 0.423. The summed E-state index contributed by atoms with van der Waals surface area (Å²) in [6, 6.07) is 65.3. The van der Waals surface area contributed by atoms with Crippen LogP contribution in [0.3, 0.4) is 0 Å². The fraction of sp³-hybridized carbons (Fsp3) is 0.0182. The van der Waals surface area contributed by atoms with Gasteiger partial charge in [-0.25, -0.2) is 4.99 Å². The van der Waals surface area contributed by atoms with Crippen molar-refractivity contribution >= 4 is 97.8 Å². The van der Waals surface area contributed by atoms with Crippen molar-refractivity contribution in [1.29, 1.82) is 0 Å². The van der Waals surface area contributed by atoms with Crippen LogP contribution in [0.15, 0.2) is 207 Å². The van der Waals surface area contributed by atoms with Gasteiger partial charge < -0.3 is 14.6 Å². The van der Waals surface area contributed by atoms with E-state index in [9.17, 15) is 0 Å². The van der Waals surface area contributed by atoms with Gasteiger partial charge in [-0.3, -0.25) is 4.99 Å². The summed E-state index contributed by atoms with van der Waals surface area (Å²) in [5.41, 5.74) is 17.6. The molecule has 0 fully saturated rings. The maximum absolute atomic E-state index is 6.80. The molecule has 12 aromatic rings. The van der Waals surface area contributed by atoms with Crippen LogP contribution in [-0.4, -0.2) is 11.7 Å². The van der Waals surface area contributed by atoms with Crippen molar-refractivity contribution in [3.63, 3.8) is 0 Å². The van der Waals surface area contributed by atoms with Crippen molar-refractivity contribution in [2.45, 2.75) is 6.54 Å². The molecule has 61 heavy (non-hydrogen) atoms. The summed E-state index contributed by atoms with van der Waals surface area (Å²) in [6.45, 7) is 0.423. The molecule has 0 unspecified atom stereocenters. The molecule has 3 heterocycles. The molecule has 0 aliphatic rings. The Morgan fingerprint density at radius 2 is 1.10 bits per heavy atom. The summed E-state index contributed by atoms with van der Waals surface area (Å²) < 4.78 is 15.3. The van der Waals surface area contributed by atoms with Gasteiger partial charge in [-0.15, -0.1) is 11.3 Å². The zero-order valence-electron chi connectivity index (χ0n) is 32.8. The number of thiophene rings is 1. The van der Waals surface area contributed by atoms with Gasteiger partial charge in [-0.1, -0.05) is 133 Å². The SMILES string of the molecule is N/C(=N\C(=N/Cc1ccc(-c2cccc3oc4ccc(-c5cccc6oc7ccccc7c56)cc4c23)c2ccccc12)c1ccccc1)c1ccc2sc3ccccc3c2c1. The van der Waals surface area contributed by atoms with Gasteiger partial charge in [-0.2, -0.15) is 0 Å². The van der Waals surface area contributed by atoms with E-state index in [-0.39, 0.29) is 0 Å². The highest BCUT2D eigenvalue weighted by Gasteiger charge is 2.18. The molecule has 5 nitrogen and oxygen atoms in total. The van der Waals surface area contributed by atoms with E-state index < -0.39 is 0 Å². The summed E-state index contributed by atoms with van der Waals surface area (Å²) >= 11 is 1.79. The first-order valence-corrected chi connectivity index (χ1v) is 21.2. The fourth-order valence-corrected chi connectivity index (χ4v) is 10.1. The van der Waals surface area contributed by atoms with Gasteiger partial charge >= 0.3 is 0 Å². The first-order valence-electron chi connectivity index (χ1n) is 20.4. The third-order valence-electron chi connectivity index (χ3n) is 11.8. The van der Waals surface area contributed by atoms with Crippen molar-refractivity contribution in [2.75, 3.05) is 0 Å². The lowest BCUT2D eigenvalue weighted by atomic mass is 9.91. The Bertz CT molecular complexity index is 3760. The standard InChI is InChI=1S/C55H35N3O2S/c56-54(35-26-29-51-44(31-35)41-16-7-9-23-50(41)61-51)58-55(33-12-2-1-3-13-33)57-32-36-24-27-40(39-15-5-4-14-37(36)39)42-19-11-22-49-53(42)45-30-34(25-28-47(45)60-49)38-18-10-21-48-52(38)43-17-6-8-20-46(43)59-48/h1-31H,32H2,(H2,56,57,58). The van der Waals surface area contributed by atoms with Gasteiger partial charge in [-0.05, 0) is 93.2 Å². The van der Waals surface area contributed by atoms with Crippen molar-refractivity contribution in [3.05, 3.63) is 205 Å². The first-order chi connectivity index (χ1) is 30.1. The van der Waals surface area contributed by atoms with Gasteiger partial charge in [0.05, 0.1) is 6.54 Å². The molecule has 0 spiro atoms. The molecule has 6 heteroatoms. The second-order valence-corrected chi connectivity index (χ2v) is 16.5. The van der Waals surface area contributed by atoms with Crippen LogP contribution in [-0.2, 0) is 6.54 Å². The Morgan fingerprint density at radius 3 is 1.93 bits per heavy atom. The molecular weight excluding hydrogens is 767 g/mol. The molecule has 0 radical (unpaired) electrons. The predicted octanol–water partition coefficient (Wildman–Crippen LogP) is 14.7. The second kappa shape index (κ2) is 14.2. The number of para-hydroxylation sites is 1. The molecule has 288 valence electrons. The van der Waals surface area contributed by atoms with Gasteiger partial charge in [0.25, 0.3) is 0 Å². The Balaban J connectivity index is 0.952. The Labute approximate surface area is 354 Å². The summed E-state index contributed by atoms with van der Waals surface area (Å²) in [5, 5.41) is 9.06. The van der Waals surface area contributed by atoms with Gasteiger partial charge in [0.2, 0.25) is 0 Å². The van der Waals surface area contributed by atoms with E-state index >= 15 is 0 Å². The summed E-state index contributed by atoms with van der Waals surface area (Å²) in [4.78, 5) is 10.2. The van der Waals surface area contributed by atoms with E-state index in [1.54, 1.807) is 11.3 Å². The van der Waals surface area contributed by atoms with Crippen LogP contribution in [0.25, 0.3) is 97.1 Å². The van der Waals surface area contributed by atoms with E-state index in [0.717, 1.165) is 93.6 Å². The van der Waals surface area contributed by atoms with E-state index in [0.29, 0.717) is 18.2 Å². The number of hydrogen-bond acceptors (Lipinski definition) is 4. The minimum Gasteiger partial charge on any atom is -0.456 e. The van der Waals surface area contributed by atoms with Crippen LogP contribution in [0.2, 0.25) is 0 Å². The van der Waals surface area contributed by atoms with E-state index in [1.165, 1.54) is 20.2 Å². The predicted molar refractivity (Wildman–Crippen MR) is 256 cm³/mol. The maximum atomic E-state index is 6.80. The summed E-state index contributed by atoms with van der Waals surface area (Å²) in [5.74, 6) is 1.02. The lowest BCUT2D eigenvalue weighted by Crippen LogP contribution is -2.16. The number of furan rings is 2. The number of rotatable bonds is 6. The lowest BCUT2D eigenvalue weighted by molar-refractivity contribution is 0.669. The summed E-state index contributed by atoms with van der Waals surface area (Å²) in [7, 11) is 0. The van der Waals surface area contributed by atoms with E-state index in [1.807, 2.05) is 48.5 Å². The Morgan fingerprint density at radius 1 is 0.443 bits per heavy atom. The number of nitrogens with zero attached hydrogens (tertiary/aromatic N) is 2. The monoisotopic (exact) mass is 801 g/mol. The molecule has 0 amide bonds. The van der Waals surface area contributed by atoms with Crippen molar-refractivity contribution in [2.24, 2.45) is 15.7 Å². The number of nitrogens with two attached hydrogens (primary N) is 1. The van der Waals surface area contributed by atoms with Crippen molar-refractivity contribution in [1.82, 2.24) is 0 Å². The second-order valence-electron chi connectivity index (χ2n) is 15.4. The largest absolute Gasteiger partial charge is 0.456 e. The van der Waals surface area contributed by atoms with Crippen LogP contribution < -0.4 is 5.73 Å². The topological polar surface area (TPSA) is 77.0 Å². The molecule has 0 atom stereocenters. The lowest BCUT2D eigenvalue weighted by Gasteiger charge is -2.12. The number of hydrogen-bond donors (Lipinski definition) is 1. The molecule has 2 N–H and O–H groups in total. The van der Waals surface area contributed by atoms with Crippen molar-refractivity contribution in [3.8, 4) is 22.3 Å². The highest BCUT2D eigenvalue weighted by atomic mass is 32.1. The Hall–Kier alpha value is -7.80. The number of benzene rings is 9. The van der Waals surface area contributed by atoms with Crippen LogP contribution >= 0.6 is 11.3 Å². The first kappa shape index (κ1) is 35.2. The quantitative estimate of drug-likeness (QED) is 0.134. The van der Waals surface area contributed by atoms with Gasteiger partial charge in [0.1, 0.15) is 28.2 Å². The molecule has 0 aliphatic carbocycles. The third-order valence-corrected chi connectivity index (χ3v) is 13.0. The molecule has 9 aromatic carbocycles. The highest BCUT2D eigenvalue weighted by Crippen LogP contribution is 2.43. The number of aliphatic imine (C=N–C) groups is 2. The maximum Gasteiger partial charge on any atom is 0.157 e. The van der Waals surface area contributed by atoms with Crippen LogP contribution in [0.1, 0.15) is 16.7 Å². The molecule has 3 aromatic heterocycles. The van der Waals surface area contributed by atoms with Crippen molar-refractivity contribution < 1.29 is 8.83 Å². The number of fused-ring (bicyclic) bond motifs is 10. The molecule has 12 rings (SSSR count). The number of amidine groups is 2. The van der Waals surface area contributed by atoms with E-state index in [4.69, 9.17) is 24.6 Å². The van der Waals surface area contributed by atoms with Crippen LogP contribution in [0.5, 0.6) is 0 Å². The molecule has 0 bridgehead atoms.